The molecule has 0 amide bonds. The maximum Gasteiger partial charge on any atom is 0.430 e. The third-order valence-electron chi connectivity index (χ3n) is 6.01. The molecule has 0 heterocycles. The van der Waals surface area contributed by atoms with Crippen LogP contribution in [0.1, 0.15) is 16.7 Å². The summed E-state index contributed by atoms with van der Waals surface area (Å²) in [5.74, 6) is 0. The van der Waals surface area contributed by atoms with E-state index in [-0.39, 0.29) is 0 Å². The number of halogens is 18. The molecule has 0 fully saturated rings. The molecule has 0 radical (unpaired) electrons. The lowest BCUT2D eigenvalue weighted by Crippen LogP contribution is -2.56. The van der Waals surface area contributed by atoms with Crippen molar-refractivity contribution in [1.29, 1.82) is 0 Å². The Balaban J connectivity index is 3.51. The van der Waals surface area contributed by atoms with E-state index in [1.165, 1.54) is 0 Å². The molecule has 42 heavy (non-hydrogen) atoms. The first kappa shape index (κ1) is 35.1. The van der Waals surface area contributed by atoms with Crippen LogP contribution in [0.4, 0.5) is 90.4 Å². The lowest BCUT2D eigenvalue weighted by molar-refractivity contribution is -0.378. The maximum absolute atomic E-state index is 13.6. The number of nitrogens with two attached hydrogens (primary N) is 2. The summed E-state index contributed by atoms with van der Waals surface area (Å²) in [5, 5.41) is 24.3. The summed E-state index contributed by atoms with van der Waals surface area (Å²) < 4.78 is 243. The van der Waals surface area contributed by atoms with Crippen molar-refractivity contribution in [3.63, 3.8) is 0 Å². The molecular formula is C19H10F18N2O3. The van der Waals surface area contributed by atoms with Crippen LogP contribution in [0.5, 0.6) is 0 Å². The number of benzene rings is 2. The second kappa shape index (κ2) is 9.21. The van der Waals surface area contributed by atoms with Gasteiger partial charge in [-0.25, -0.2) is 0 Å². The molecule has 0 aromatic heterocycles. The molecule has 240 valence electrons. The van der Waals surface area contributed by atoms with Crippen molar-refractivity contribution < 1.29 is 94.3 Å². The molecule has 0 aliphatic carbocycles. The first-order valence-corrected chi connectivity index (χ1v) is 9.89. The average Bonchev–Trinajstić information content (AvgIpc) is 2.73. The van der Waals surface area contributed by atoms with Crippen molar-refractivity contribution in [3.8, 4) is 0 Å². The molecular weight excluding hydrogens is 646 g/mol. The standard InChI is InChI=1S/C19H10F18N2O3/c20-14(21,22)11(40,15(23,24)25)5-2-1-4-6(12(41,16(26,27)28)17(29,30)31)3-7(10(39)8(4)9(5)38)13(42,18(32,33)34)19(35,36)37/h1-3,40-42H,38-39H2. The zero-order valence-corrected chi connectivity index (χ0v) is 19.0. The minimum absolute atomic E-state index is 0.609. The van der Waals surface area contributed by atoms with Gasteiger partial charge < -0.3 is 26.8 Å². The molecule has 0 spiro atoms. The lowest BCUT2D eigenvalue weighted by Gasteiger charge is -2.38. The summed E-state index contributed by atoms with van der Waals surface area (Å²) in [6.07, 6.45) is -42.5. The topological polar surface area (TPSA) is 113 Å². The van der Waals surface area contributed by atoms with Crippen molar-refractivity contribution in [2.45, 2.75) is 53.9 Å². The molecule has 0 aliphatic heterocycles. The van der Waals surface area contributed by atoms with Crippen LogP contribution >= 0.6 is 0 Å². The van der Waals surface area contributed by atoms with Crippen LogP contribution in [0.15, 0.2) is 18.2 Å². The smallest absolute Gasteiger partial charge is 0.398 e. The predicted octanol–water partition coefficient (Wildman–Crippen LogP) is 5.94. The van der Waals surface area contributed by atoms with Gasteiger partial charge in [0.2, 0.25) is 0 Å². The van der Waals surface area contributed by atoms with Crippen LogP contribution in [-0.4, -0.2) is 52.4 Å². The Labute approximate surface area is 217 Å². The van der Waals surface area contributed by atoms with E-state index in [1.54, 1.807) is 0 Å². The molecule has 2 rings (SSSR count). The molecule has 0 saturated heterocycles. The summed E-state index contributed by atoms with van der Waals surface area (Å²) in [4.78, 5) is 0. The first-order chi connectivity index (χ1) is 18.2. The average molecular weight is 656 g/mol. The molecule has 5 nitrogen and oxygen atoms in total. The Morgan fingerprint density at radius 1 is 0.405 bits per heavy atom. The first-order valence-electron chi connectivity index (χ1n) is 9.89. The van der Waals surface area contributed by atoms with E-state index < -0.39 is 111 Å². The number of fused-ring (bicyclic) bond motifs is 1. The van der Waals surface area contributed by atoms with Gasteiger partial charge in [0.1, 0.15) is 0 Å². The molecule has 23 heteroatoms. The van der Waals surface area contributed by atoms with Crippen molar-refractivity contribution in [1.82, 2.24) is 0 Å². The third-order valence-corrected chi connectivity index (χ3v) is 6.01. The van der Waals surface area contributed by atoms with E-state index >= 15 is 0 Å². The Hall–Kier alpha value is -3.08. The normalized spacial score (nSPS) is 15.5. The van der Waals surface area contributed by atoms with Crippen LogP contribution in [0.25, 0.3) is 10.8 Å². The number of hydrogen-bond donors (Lipinski definition) is 5. The Kier molecular flexibility index (Phi) is 7.70. The maximum atomic E-state index is 13.6. The molecule has 7 N–H and O–H groups in total. The fraction of sp³-hybridized carbons (Fsp3) is 0.474. The van der Waals surface area contributed by atoms with Crippen LogP contribution in [0.3, 0.4) is 0 Å². The lowest BCUT2D eigenvalue weighted by atomic mass is 9.79. The van der Waals surface area contributed by atoms with Gasteiger partial charge in [-0.1, -0.05) is 12.1 Å². The molecule has 2 aromatic carbocycles. The number of nitrogen functional groups attached to an aromatic ring is 2. The second-order valence-corrected chi connectivity index (χ2v) is 8.45. The summed E-state index contributed by atoms with van der Waals surface area (Å²) >= 11 is 0. The minimum Gasteiger partial charge on any atom is -0.398 e. The van der Waals surface area contributed by atoms with Gasteiger partial charge in [-0.2, -0.15) is 79.0 Å². The number of rotatable bonds is 3. The third kappa shape index (κ3) is 4.59. The Morgan fingerprint density at radius 2 is 0.667 bits per heavy atom. The van der Waals surface area contributed by atoms with Gasteiger partial charge in [-0.15, -0.1) is 0 Å². The highest BCUT2D eigenvalue weighted by Crippen LogP contribution is 2.59. The highest BCUT2D eigenvalue weighted by Gasteiger charge is 2.76. The zero-order chi connectivity index (χ0) is 33.7. The van der Waals surface area contributed by atoms with Crippen molar-refractivity contribution in [2.24, 2.45) is 0 Å². The predicted molar refractivity (Wildman–Crippen MR) is 101 cm³/mol. The Bertz CT molecular complexity index is 1310. The number of alkyl halides is 18. The molecule has 0 unspecified atom stereocenters. The molecule has 0 saturated carbocycles. The van der Waals surface area contributed by atoms with Gasteiger partial charge in [0, 0.05) is 33.5 Å². The van der Waals surface area contributed by atoms with Gasteiger partial charge in [0.05, 0.1) is 0 Å². The van der Waals surface area contributed by atoms with Gasteiger partial charge >= 0.3 is 37.1 Å². The van der Waals surface area contributed by atoms with E-state index in [9.17, 15) is 94.3 Å². The SMILES string of the molecule is Nc1c(C(O)(C(F)(F)F)C(F)(F)F)ccc2c(C(O)(C(F)(F)F)C(F)(F)F)cc(C(O)(C(F)(F)F)C(F)(F)F)c(N)c12. The van der Waals surface area contributed by atoms with E-state index in [0.717, 1.165) is 0 Å². The fourth-order valence-corrected chi connectivity index (χ4v) is 3.88. The number of anilines is 2. The van der Waals surface area contributed by atoms with E-state index in [1.807, 2.05) is 0 Å². The van der Waals surface area contributed by atoms with E-state index in [2.05, 4.69) is 0 Å². The van der Waals surface area contributed by atoms with Crippen molar-refractivity contribution in [2.75, 3.05) is 11.5 Å². The van der Waals surface area contributed by atoms with Crippen LogP contribution in [0.2, 0.25) is 0 Å². The molecule has 0 atom stereocenters. The Morgan fingerprint density at radius 3 is 0.976 bits per heavy atom. The van der Waals surface area contributed by atoms with Gasteiger partial charge in [0.25, 0.3) is 16.8 Å². The van der Waals surface area contributed by atoms with Crippen molar-refractivity contribution in [3.05, 3.63) is 34.9 Å². The fourth-order valence-electron chi connectivity index (χ4n) is 3.88. The highest BCUT2D eigenvalue weighted by atomic mass is 19.4. The molecule has 0 aliphatic rings. The van der Waals surface area contributed by atoms with Gasteiger partial charge in [0.15, 0.2) is 0 Å². The molecule has 0 bridgehead atoms. The van der Waals surface area contributed by atoms with Crippen molar-refractivity contribution >= 4 is 22.1 Å². The summed E-state index contributed by atoms with van der Waals surface area (Å²) in [6, 6.07) is -2.71. The molecule has 2 aromatic rings. The quantitative estimate of drug-likeness (QED) is 0.208. The zero-order valence-electron chi connectivity index (χ0n) is 19.0. The van der Waals surface area contributed by atoms with Gasteiger partial charge in [-0.05, 0) is 11.5 Å². The van der Waals surface area contributed by atoms with E-state index in [4.69, 9.17) is 11.5 Å². The van der Waals surface area contributed by atoms with Crippen LogP contribution in [0, 0.1) is 0 Å². The van der Waals surface area contributed by atoms with Crippen LogP contribution in [-0.2, 0) is 16.8 Å². The monoisotopic (exact) mass is 656 g/mol. The van der Waals surface area contributed by atoms with Gasteiger partial charge in [-0.3, -0.25) is 0 Å². The number of aliphatic hydroxyl groups is 3. The van der Waals surface area contributed by atoms with E-state index in [0.29, 0.717) is 0 Å². The summed E-state index contributed by atoms with van der Waals surface area (Å²) in [5.41, 5.74) is -23.5. The summed E-state index contributed by atoms with van der Waals surface area (Å²) in [7, 11) is 0. The minimum atomic E-state index is -7.18. The second-order valence-electron chi connectivity index (χ2n) is 8.45. The largest absolute Gasteiger partial charge is 0.430 e. The highest BCUT2D eigenvalue weighted by molar-refractivity contribution is 6.06. The number of hydrogen-bond acceptors (Lipinski definition) is 5. The van der Waals surface area contributed by atoms with Crippen LogP contribution < -0.4 is 11.5 Å². The summed E-state index contributed by atoms with van der Waals surface area (Å²) in [6.45, 7) is 0.